The maximum Gasteiger partial charge on any atom is 0.0145 e. The molecule has 47 valence electrons. The molecule has 1 fully saturated rings. The lowest BCUT2D eigenvalue weighted by molar-refractivity contribution is 0.521. The van der Waals surface area contributed by atoms with E-state index in [1.165, 1.54) is 12.8 Å². The van der Waals surface area contributed by atoms with Crippen molar-refractivity contribution >= 4 is 0 Å². The van der Waals surface area contributed by atoms with Gasteiger partial charge < -0.3 is 5.32 Å². The van der Waals surface area contributed by atoms with Crippen LogP contribution in [0.5, 0.6) is 0 Å². The first-order valence-corrected chi connectivity index (χ1v) is 3.34. The maximum absolute atomic E-state index is 4.29. The van der Waals surface area contributed by atoms with Crippen molar-refractivity contribution in [3.05, 3.63) is 0 Å². The van der Waals surface area contributed by atoms with Crippen molar-refractivity contribution < 1.29 is 0 Å². The third-order valence-corrected chi connectivity index (χ3v) is 1.34. The minimum absolute atomic E-state index is 1.06. The van der Waals surface area contributed by atoms with Gasteiger partial charge in [0.2, 0.25) is 0 Å². The highest BCUT2D eigenvalue weighted by atomic mass is 14.9. The molecule has 1 aliphatic heterocycles. The van der Waals surface area contributed by atoms with E-state index in [1.54, 1.807) is 0 Å². The normalized spacial score (nSPS) is 24.0. The van der Waals surface area contributed by atoms with Crippen LogP contribution in [0, 0.1) is 0 Å². The van der Waals surface area contributed by atoms with Gasteiger partial charge in [-0.3, -0.25) is 0 Å². The van der Waals surface area contributed by atoms with E-state index in [2.05, 4.69) is 10.6 Å². The van der Waals surface area contributed by atoms with E-state index < -0.39 is 0 Å². The second-order valence-corrected chi connectivity index (χ2v) is 2.13. The second-order valence-electron chi connectivity index (χ2n) is 2.13. The van der Waals surface area contributed by atoms with E-state index in [-0.39, 0.29) is 0 Å². The van der Waals surface area contributed by atoms with Gasteiger partial charge in [0.05, 0.1) is 0 Å². The Morgan fingerprint density at radius 1 is 1.00 bits per heavy atom. The van der Waals surface area contributed by atoms with Crippen LogP contribution in [-0.4, -0.2) is 26.2 Å². The van der Waals surface area contributed by atoms with Gasteiger partial charge in [0.25, 0.3) is 0 Å². The molecular formula is C6H13N2. The van der Waals surface area contributed by atoms with E-state index in [0.717, 1.165) is 26.2 Å². The highest BCUT2D eigenvalue weighted by Gasteiger charge is 1.94. The van der Waals surface area contributed by atoms with Gasteiger partial charge in [0.1, 0.15) is 0 Å². The van der Waals surface area contributed by atoms with Crippen LogP contribution in [0.15, 0.2) is 0 Å². The maximum atomic E-state index is 4.29. The molecule has 0 aromatic rings. The van der Waals surface area contributed by atoms with Crippen molar-refractivity contribution in [1.29, 1.82) is 0 Å². The lowest BCUT2D eigenvalue weighted by Gasteiger charge is -2.08. The summed E-state index contributed by atoms with van der Waals surface area (Å²) < 4.78 is 0. The fourth-order valence-electron chi connectivity index (χ4n) is 0.869. The molecule has 0 atom stereocenters. The molecule has 0 spiro atoms. The second kappa shape index (κ2) is 3.87. The Hall–Kier alpha value is -0.0800. The predicted octanol–water partition coefficient (Wildman–Crippen LogP) is -0.0258. The summed E-state index contributed by atoms with van der Waals surface area (Å²) in [6.45, 7) is 4.44. The van der Waals surface area contributed by atoms with Gasteiger partial charge in [-0.25, -0.2) is 5.32 Å². The number of nitrogens with zero attached hydrogens (tertiary/aromatic N) is 1. The zero-order chi connectivity index (χ0) is 5.66. The SMILES string of the molecule is C1C[N]CCCNC1. The summed E-state index contributed by atoms with van der Waals surface area (Å²) in [5.74, 6) is 0. The molecule has 0 aliphatic carbocycles. The zero-order valence-corrected chi connectivity index (χ0v) is 5.19. The van der Waals surface area contributed by atoms with E-state index in [9.17, 15) is 0 Å². The topological polar surface area (TPSA) is 26.1 Å². The molecular weight excluding hydrogens is 100 g/mol. The largest absolute Gasteiger partial charge is 0.317 e. The average molecular weight is 113 g/mol. The summed E-state index contributed by atoms with van der Waals surface area (Å²) in [5, 5.41) is 7.62. The van der Waals surface area contributed by atoms with Crippen LogP contribution < -0.4 is 10.6 Å². The van der Waals surface area contributed by atoms with Crippen molar-refractivity contribution in [3.63, 3.8) is 0 Å². The van der Waals surface area contributed by atoms with Gasteiger partial charge in [-0.05, 0) is 25.9 Å². The number of hydrogen-bond acceptors (Lipinski definition) is 1. The number of rotatable bonds is 0. The summed E-state index contributed by atoms with van der Waals surface area (Å²) >= 11 is 0. The Balaban J connectivity index is 2.00. The third kappa shape index (κ3) is 2.28. The molecule has 2 heteroatoms. The average Bonchev–Trinajstić information content (AvgIpc) is 1.62. The number of nitrogens with one attached hydrogen (secondary N) is 1. The molecule has 0 bridgehead atoms. The summed E-state index contributed by atoms with van der Waals surface area (Å²) in [5.41, 5.74) is 0. The van der Waals surface area contributed by atoms with Crippen LogP contribution in [0.2, 0.25) is 0 Å². The molecule has 0 saturated carbocycles. The molecule has 1 rings (SSSR count). The molecule has 1 N–H and O–H groups in total. The highest BCUT2D eigenvalue weighted by molar-refractivity contribution is 4.56. The van der Waals surface area contributed by atoms with Gasteiger partial charge in [0, 0.05) is 13.1 Å². The molecule has 0 amide bonds. The van der Waals surface area contributed by atoms with Crippen LogP contribution in [-0.2, 0) is 0 Å². The van der Waals surface area contributed by atoms with Crippen molar-refractivity contribution in [1.82, 2.24) is 10.6 Å². The number of hydrogen-bond donors (Lipinski definition) is 1. The van der Waals surface area contributed by atoms with Crippen molar-refractivity contribution in [3.8, 4) is 0 Å². The first kappa shape index (κ1) is 6.05. The summed E-state index contributed by atoms with van der Waals surface area (Å²) in [6.07, 6.45) is 2.44. The zero-order valence-electron chi connectivity index (χ0n) is 5.19. The van der Waals surface area contributed by atoms with E-state index in [0.29, 0.717) is 0 Å². The molecule has 0 unspecified atom stereocenters. The quantitative estimate of drug-likeness (QED) is 0.469. The Labute approximate surface area is 50.7 Å². The van der Waals surface area contributed by atoms with Crippen LogP contribution in [0.3, 0.4) is 0 Å². The fraction of sp³-hybridized carbons (Fsp3) is 1.00. The Kier molecular flexibility index (Phi) is 2.92. The molecule has 1 saturated heterocycles. The Bertz CT molecular complexity index is 30.5. The summed E-state index contributed by atoms with van der Waals surface area (Å²) in [7, 11) is 0. The van der Waals surface area contributed by atoms with E-state index >= 15 is 0 Å². The van der Waals surface area contributed by atoms with Crippen LogP contribution in [0.4, 0.5) is 0 Å². The minimum atomic E-state index is 1.06. The molecule has 1 radical (unpaired) electrons. The van der Waals surface area contributed by atoms with Gasteiger partial charge in [-0.1, -0.05) is 0 Å². The predicted molar refractivity (Wildman–Crippen MR) is 34.0 cm³/mol. The van der Waals surface area contributed by atoms with Gasteiger partial charge in [-0.2, -0.15) is 0 Å². The molecule has 1 heterocycles. The third-order valence-electron chi connectivity index (χ3n) is 1.34. The lowest BCUT2D eigenvalue weighted by Crippen LogP contribution is -2.25. The smallest absolute Gasteiger partial charge is 0.0145 e. The fourth-order valence-corrected chi connectivity index (χ4v) is 0.869. The van der Waals surface area contributed by atoms with E-state index in [4.69, 9.17) is 0 Å². The first-order chi connectivity index (χ1) is 4.00. The Morgan fingerprint density at radius 2 is 1.62 bits per heavy atom. The molecule has 1 aliphatic rings. The van der Waals surface area contributed by atoms with Crippen LogP contribution in [0.1, 0.15) is 12.8 Å². The molecule has 2 nitrogen and oxygen atoms in total. The van der Waals surface area contributed by atoms with Gasteiger partial charge in [0.15, 0.2) is 0 Å². The first-order valence-electron chi connectivity index (χ1n) is 3.34. The highest BCUT2D eigenvalue weighted by Crippen LogP contribution is 1.83. The summed E-state index contributed by atoms with van der Waals surface area (Å²) in [4.78, 5) is 0. The molecule has 8 heavy (non-hydrogen) atoms. The van der Waals surface area contributed by atoms with Crippen molar-refractivity contribution in [2.75, 3.05) is 26.2 Å². The standard InChI is InChI=1S/C6H13N2/c1-3-7-5-2-6-8-4-1/h7H,1-6H2. The van der Waals surface area contributed by atoms with Crippen LogP contribution in [0.25, 0.3) is 0 Å². The monoisotopic (exact) mass is 113 g/mol. The van der Waals surface area contributed by atoms with Crippen molar-refractivity contribution in [2.45, 2.75) is 12.8 Å². The Morgan fingerprint density at radius 3 is 2.25 bits per heavy atom. The molecule has 0 aromatic carbocycles. The van der Waals surface area contributed by atoms with Crippen LogP contribution >= 0.6 is 0 Å². The lowest BCUT2D eigenvalue weighted by atomic mass is 10.3. The van der Waals surface area contributed by atoms with E-state index in [1.807, 2.05) is 0 Å². The minimum Gasteiger partial charge on any atom is -0.317 e. The van der Waals surface area contributed by atoms with Gasteiger partial charge >= 0.3 is 0 Å². The molecule has 0 aromatic heterocycles. The van der Waals surface area contributed by atoms with Crippen molar-refractivity contribution in [2.24, 2.45) is 0 Å². The van der Waals surface area contributed by atoms with Gasteiger partial charge in [-0.15, -0.1) is 0 Å². The summed E-state index contributed by atoms with van der Waals surface area (Å²) in [6, 6.07) is 0.